The van der Waals surface area contributed by atoms with Crippen LogP contribution in [0.5, 0.6) is 0 Å². The number of benzene rings is 1. The van der Waals surface area contributed by atoms with Crippen molar-refractivity contribution in [1.29, 1.82) is 0 Å². The van der Waals surface area contributed by atoms with E-state index in [9.17, 15) is 4.79 Å². The number of hydrogen-bond donors (Lipinski definition) is 0. The third-order valence-corrected chi connectivity index (χ3v) is 4.66. The maximum Gasteiger partial charge on any atom is 0.242 e. The normalized spacial score (nSPS) is 20.1. The number of carbonyl (C=O) groups excluding carboxylic acids is 1. The van der Waals surface area contributed by atoms with Crippen molar-refractivity contribution < 1.29 is 9.21 Å². The smallest absolute Gasteiger partial charge is 0.242 e. The number of hydrogen-bond acceptors (Lipinski definition) is 5. The Balaban J connectivity index is 1.80. The highest BCUT2D eigenvalue weighted by Gasteiger charge is 2.35. The fourth-order valence-corrected chi connectivity index (χ4v) is 3.19. The van der Waals surface area contributed by atoms with Gasteiger partial charge in [-0.2, -0.15) is 5.10 Å². The van der Waals surface area contributed by atoms with Crippen LogP contribution >= 0.6 is 11.8 Å². The molecule has 23 heavy (non-hydrogen) atoms. The molecule has 0 saturated carbocycles. The molecule has 0 unspecified atom stereocenters. The molecule has 0 bridgehead atoms. The highest BCUT2D eigenvalue weighted by Crippen LogP contribution is 2.29. The van der Waals surface area contributed by atoms with Gasteiger partial charge in [0.05, 0.1) is 24.3 Å². The van der Waals surface area contributed by atoms with Gasteiger partial charge in [0.2, 0.25) is 5.91 Å². The third-order valence-electron chi connectivity index (χ3n) is 3.59. The summed E-state index contributed by atoms with van der Waals surface area (Å²) in [5.41, 5.74) is 2.27. The lowest BCUT2D eigenvalue weighted by Gasteiger charge is -2.16. The van der Waals surface area contributed by atoms with Crippen LogP contribution in [-0.2, 0) is 11.3 Å². The van der Waals surface area contributed by atoms with Gasteiger partial charge in [0.1, 0.15) is 5.76 Å². The molecule has 0 aliphatic carbocycles. The Kier molecular flexibility index (Phi) is 4.62. The molecular formula is C17H17N3O2S. The predicted octanol–water partition coefficient (Wildman–Crippen LogP) is 3.44. The molecule has 5 nitrogen and oxygen atoms in total. The van der Waals surface area contributed by atoms with Gasteiger partial charge in [-0.3, -0.25) is 9.69 Å². The number of carbonyl (C=O) groups is 1. The maximum atomic E-state index is 12.4. The predicted molar refractivity (Wildman–Crippen MR) is 92.5 cm³/mol. The zero-order valence-electron chi connectivity index (χ0n) is 13.0. The van der Waals surface area contributed by atoms with Crippen LogP contribution in [0.15, 0.2) is 57.3 Å². The van der Waals surface area contributed by atoms with E-state index in [0.717, 1.165) is 11.1 Å². The summed E-state index contributed by atoms with van der Waals surface area (Å²) in [5, 5.41) is 8.71. The Morgan fingerprint density at radius 2 is 2.13 bits per heavy atom. The Bertz CT molecular complexity index is 753. The van der Waals surface area contributed by atoms with Gasteiger partial charge in [-0.15, -0.1) is 5.10 Å². The van der Waals surface area contributed by atoms with E-state index in [0.29, 0.717) is 17.5 Å². The van der Waals surface area contributed by atoms with Gasteiger partial charge in [0.15, 0.2) is 5.17 Å². The van der Waals surface area contributed by atoms with Crippen molar-refractivity contribution in [2.45, 2.75) is 25.6 Å². The fraction of sp³-hybridized carbons (Fsp3) is 0.235. The van der Waals surface area contributed by atoms with E-state index in [1.807, 2.05) is 38.1 Å². The number of rotatable bonds is 4. The molecule has 1 fully saturated rings. The first-order valence-corrected chi connectivity index (χ1v) is 8.20. The molecule has 1 aromatic heterocycles. The van der Waals surface area contributed by atoms with Crippen LogP contribution in [0.2, 0.25) is 0 Å². The van der Waals surface area contributed by atoms with Crippen molar-refractivity contribution in [3.63, 3.8) is 0 Å². The average molecular weight is 327 g/mol. The van der Waals surface area contributed by atoms with E-state index < -0.39 is 0 Å². The summed E-state index contributed by atoms with van der Waals surface area (Å²) in [6.07, 6.45) is 3.11. The first-order valence-electron chi connectivity index (χ1n) is 7.32. The van der Waals surface area contributed by atoms with Gasteiger partial charge >= 0.3 is 0 Å². The largest absolute Gasteiger partial charge is 0.463 e. The van der Waals surface area contributed by atoms with Gasteiger partial charge in [-0.1, -0.05) is 36.0 Å². The minimum atomic E-state index is -0.142. The van der Waals surface area contributed by atoms with E-state index in [1.54, 1.807) is 23.3 Å². The first-order chi connectivity index (χ1) is 11.1. The number of amidine groups is 1. The van der Waals surface area contributed by atoms with Crippen LogP contribution < -0.4 is 0 Å². The van der Waals surface area contributed by atoms with Crippen molar-refractivity contribution in [3.8, 4) is 0 Å². The molecule has 1 atom stereocenters. The van der Waals surface area contributed by atoms with Crippen LogP contribution in [0, 0.1) is 6.92 Å². The van der Waals surface area contributed by atoms with Crippen LogP contribution in [0.25, 0.3) is 0 Å². The standard InChI is InChI=1S/C17H17N3O2S/c1-12-6-3-4-7-14(12)11-20-16(21)13(2)23-17(20)19-18-10-15-8-5-9-22-15/h3-10,13H,11H2,1-2H3/b18-10-,19-17-/t13-/m0/s1. The third kappa shape index (κ3) is 3.53. The molecule has 0 N–H and O–H groups in total. The molecule has 0 radical (unpaired) electrons. The van der Waals surface area contributed by atoms with E-state index in [-0.39, 0.29) is 11.2 Å². The Morgan fingerprint density at radius 3 is 2.87 bits per heavy atom. The van der Waals surface area contributed by atoms with E-state index >= 15 is 0 Å². The number of thioether (sulfide) groups is 1. The molecular weight excluding hydrogens is 310 g/mol. The van der Waals surface area contributed by atoms with Gasteiger partial charge in [0, 0.05) is 0 Å². The second-order valence-electron chi connectivity index (χ2n) is 5.25. The maximum absolute atomic E-state index is 12.4. The molecule has 1 aliphatic rings. The number of furan rings is 1. The zero-order chi connectivity index (χ0) is 16.2. The highest BCUT2D eigenvalue weighted by molar-refractivity contribution is 8.15. The number of aryl methyl sites for hydroxylation is 1. The Hall–Kier alpha value is -2.34. The summed E-state index contributed by atoms with van der Waals surface area (Å²) in [6, 6.07) is 11.6. The Morgan fingerprint density at radius 1 is 1.30 bits per heavy atom. The van der Waals surface area contributed by atoms with Gasteiger partial charge < -0.3 is 4.42 Å². The van der Waals surface area contributed by atoms with Crippen molar-refractivity contribution in [3.05, 3.63) is 59.5 Å². The zero-order valence-corrected chi connectivity index (χ0v) is 13.8. The fourth-order valence-electron chi connectivity index (χ4n) is 2.27. The summed E-state index contributed by atoms with van der Waals surface area (Å²) in [4.78, 5) is 14.1. The van der Waals surface area contributed by atoms with Crippen LogP contribution in [0.4, 0.5) is 0 Å². The quantitative estimate of drug-likeness (QED) is 0.638. The number of amides is 1. The van der Waals surface area contributed by atoms with Crippen molar-refractivity contribution >= 4 is 29.1 Å². The minimum Gasteiger partial charge on any atom is -0.463 e. The molecule has 0 spiro atoms. The number of nitrogens with zero attached hydrogens (tertiary/aromatic N) is 3. The molecule has 3 rings (SSSR count). The van der Waals surface area contributed by atoms with E-state index in [4.69, 9.17) is 4.42 Å². The van der Waals surface area contributed by atoms with Crippen LogP contribution in [0.1, 0.15) is 23.8 Å². The summed E-state index contributed by atoms with van der Waals surface area (Å²) < 4.78 is 5.17. The molecule has 6 heteroatoms. The molecule has 2 aromatic rings. The summed E-state index contributed by atoms with van der Waals surface area (Å²) in [6.45, 7) is 4.44. The summed E-state index contributed by atoms with van der Waals surface area (Å²) in [5.74, 6) is 0.687. The molecule has 1 saturated heterocycles. The summed E-state index contributed by atoms with van der Waals surface area (Å²) in [7, 11) is 0. The molecule has 1 aromatic carbocycles. The van der Waals surface area contributed by atoms with Crippen LogP contribution in [-0.4, -0.2) is 27.4 Å². The van der Waals surface area contributed by atoms with Crippen LogP contribution in [0.3, 0.4) is 0 Å². The van der Waals surface area contributed by atoms with Crippen molar-refractivity contribution in [1.82, 2.24) is 4.90 Å². The van der Waals surface area contributed by atoms with Crippen molar-refractivity contribution in [2.24, 2.45) is 10.2 Å². The average Bonchev–Trinajstić information content (AvgIpc) is 3.14. The van der Waals surface area contributed by atoms with Gasteiger partial charge in [0.25, 0.3) is 0 Å². The second kappa shape index (κ2) is 6.83. The SMILES string of the molecule is Cc1ccccc1CN1C(=O)[C@H](C)S/C1=N\N=C/c1ccco1. The molecule has 1 aliphatic heterocycles. The van der Waals surface area contributed by atoms with Gasteiger partial charge in [-0.05, 0) is 37.1 Å². The van der Waals surface area contributed by atoms with E-state index in [1.165, 1.54) is 18.0 Å². The minimum absolute atomic E-state index is 0.0604. The van der Waals surface area contributed by atoms with Crippen molar-refractivity contribution in [2.75, 3.05) is 0 Å². The van der Waals surface area contributed by atoms with E-state index in [2.05, 4.69) is 10.2 Å². The molecule has 118 valence electrons. The highest BCUT2D eigenvalue weighted by atomic mass is 32.2. The lowest BCUT2D eigenvalue weighted by Crippen LogP contribution is -2.31. The van der Waals surface area contributed by atoms with Gasteiger partial charge in [-0.25, -0.2) is 0 Å². The topological polar surface area (TPSA) is 58.2 Å². The molecule has 1 amide bonds. The summed E-state index contributed by atoms with van der Waals surface area (Å²) >= 11 is 1.43. The monoisotopic (exact) mass is 327 g/mol. The Labute approximate surface area is 139 Å². The second-order valence-corrected chi connectivity index (χ2v) is 6.56. The lowest BCUT2D eigenvalue weighted by molar-refractivity contribution is -0.126. The molecule has 2 heterocycles. The first kappa shape index (κ1) is 15.6. The lowest BCUT2D eigenvalue weighted by atomic mass is 10.1.